The first-order valence-corrected chi connectivity index (χ1v) is 21.2. The Kier molecular flexibility index (Phi) is 21.3. The van der Waals surface area contributed by atoms with Crippen LogP contribution in [0.15, 0.2) is 30.3 Å². The van der Waals surface area contributed by atoms with E-state index in [1.807, 2.05) is 110 Å². The lowest BCUT2D eigenvalue weighted by molar-refractivity contribution is -0.148. The second kappa shape index (κ2) is 24.5. The molecule has 0 spiro atoms. The normalized spacial score (nSPS) is 18.7. The average molecular weight is 816 g/mol. The number of nitrogens with zero attached hydrogens (tertiary/aromatic N) is 4. The van der Waals surface area contributed by atoms with Crippen LogP contribution in [0.5, 0.6) is 0 Å². The molecule has 1 aliphatic rings. The number of amides is 5. The lowest BCUT2D eigenvalue weighted by atomic mass is 9.89. The predicted octanol–water partition coefficient (Wildman–Crippen LogP) is 3.04. The second-order valence-corrected chi connectivity index (χ2v) is 17.3. The van der Waals surface area contributed by atoms with E-state index in [0.29, 0.717) is 32.5 Å². The third kappa shape index (κ3) is 14.3. The highest BCUT2D eigenvalue weighted by Gasteiger charge is 2.43. The minimum absolute atomic E-state index is 0.0116. The third-order valence-corrected chi connectivity index (χ3v) is 11.7. The van der Waals surface area contributed by atoms with Crippen molar-refractivity contribution in [3.05, 3.63) is 35.9 Å². The Morgan fingerprint density at radius 1 is 0.845 bits per heavy atom. The number of likely N-dealkylation sites (tertiary alicyclic amines) is 1. The summed E-state index contributed by atoms with van der Waals surface area (Å²) in [4.78, 5) is 76.7. The van der Waals surface area contributed by atoms with Gasteiger partial charge in [0, 0.05) is 47.3 Å². The highest BCUT2D eigenvalue weighted by atomic mass is 16.5. The molecule has 0 aromatic heterocycles. The summed E-state index contributed by atoms with van der Waals surface area (Å²) in [5.74, 6) is -2.05. The van der Waals surface area contributed by atoms with E-state index in [1.165, 1.54) is 0 Å². The van der Waals surface area contributed by atoms with Crippen LogP contribution in [0.3, 0.4) is 0 Å². The number of benzene rings is 1. The highest BCUT2D eigenvalue weighted by molar-refractivity contribution is 5.90. The van der Waals surface area contributed by atoms with Gasteiger partial charge < -0.3 is 40.1 Å². The summed E-state index contributed by atoms with van der Waals surface area (Å²) in [6.07, 6.45) is 1.17. The number of likely N-dealkylation sites (N-methyl/N-ethyl adjacent to an activating group) is 3. The predicted molar refractivity (Wildman–Crippen MR) is 229 cm³/mol. The van der Waals surface area contributed by atoms with Crippen LogP contribution >= 0.6 is 0 Å². The van der Waals surface area contributed by atoms with Crippen molar-refractivity contribution in [2.45, 2.75) is 123 Å². The molecule has 330 valence electrons. The topological polar surface area (TPSA) is 153 Å². The highest BCUT2D eigenvalue weighted by Crippen LogP contribution is 2.30. The number of hydrogen-bond donors (Lipinski definition) is 3. The molecule has 0 saturated carbocycles. The van der Waals surface area contributed by atoms with Crippen molar-refractivity contribution in [3.8, 4) is 0 Å². The Morgan fingerprint density at radius 3 is 2.00 bits per heavy atom. The van der Waals surface area contributed by atoms with Gasteiger partial charge in [-0.25, -0.2) is 0 Å². The zero-order valence-electron chi connectivity index (χ0n) is 38.0. The van der Waals surface area contributed by atoms with Crippen molar-refractivity contribution in [2.24, 2.45) is 23.7 Å². The quantitative estimate of drug-likeness (QED) is 0.143. The van der Waals surface area contributed by atoms with Crippen molar-refractivity contribution in [3.63, 3.8) is 0 Å². The minimum atomic E-state index is -0.800. The molecule has 14 nitrogen and oxygen atoms in total. The largest absolute Gasteiger partial charge is 0.379 e. The molecule has 5 amide bonds. The Balaban J connectivity index is 2.30. The Labute approximate surface area is 349 Å². The maximum Gasteiger partial charge on any atom is 0.245 e. The van der Waals surface area contributed by atoms with E-state index in [9.17, 15) is 24.0 Å². The first-order valence-electron chi connectivity index (χ1n) is 21.2. The smallest absolute Gasteiger partial charge is 0.245 e. The van der Waals surface area contributed by atoms with E-state index in [-0.39, 0.29) is 59.8 Å². The Bertz CT molecular complexity index is 1430. The molecule has 0 aliphatic carbocycles. The number of hydrogen-bond acceptors (Lipinski definition) is 9. The van der Waals surface area contributed by atoms with Crippen molar-refractivity contribution in [1.29, 1.82) is 0 Å². The summed E-state index contributed by atoms with van der Waals surface area (Å²) in [6, 6.07) is 6.75. The van der Waals surface area contributed by atoms with Crippen LogP contribution in [0.25, 0.3) is 0 Å². The van der Waals surface area contributed by atoms with Gasteiger partial charge in [0.05, 0.1) is 42.7 Å². The van der Waals surface area contributed by atoms with Crippen LogP contribution in [0.1, 0.15) is 79.7 Å². The van der Waals surface area contributed by atoms with Gasteiger partial charge in [0.1, 0.15) is 12.1 Å². The van der Waals surface area contributed by atoms with Gasteiger partial charge in [0.2, 0.25) is 29.5 Å². The fraction of sp³-hybridized carbons (Fsp3) is 0.750. The van der Waals surface area contributed by atoms with Gasteiger partial charge in [-0.3, -0.25) is 28.9 Å². The Morgan fingerprint density at radius 2 is 1.48 bits per heavy atom. The molecule has 9 atom stereocenters. The van der Waals surface area contributed by atoms with Gasteiger partial charge in [-0.15, -0.1) is 0 Å². The molecule has 3 N–H and O–H groups in total. The van der Waals surface area contributed by atoms with E-state index in [1.54, 1.807) is 38.0 Å². The molecule has 1 saturated heterocycles. The second-order valence-electron chi connectivity index (χ2n) is 17.3. The summed E-state index contributed by atoms with van der Waals surface area (Å²) in [6.45, 7) is 15.2. The van der Waals surface area contributed by atoms with Crippen LogP contribution in [0.2, 0.25) is 0 Å². The van der Waals surface area contributed by atoms with Crippen LogP contribution < -0.4 is 16.0 Å². The lowest BCUT2D eigenvalue weighted by Crippen LogP contribution is -2.59. The van der Waals surface area contributed by atoms with Crippen molar-refractivity contribution in [2.75, 3.05) is 69.1 Å². The fourth-order valence-electron chi connectivity index (χ4n) is 8.30. The van der Waals surface area contributed by atoms with Gasteiger partial charge in [-0.1, -0.05) is 85.2 Å². The zero-order valence-corrected chi connectivity index (χ0v) is 38.0. The Hall–Kier alpha value is -3.59. The summed E-state index contributed by atoms with van der Waals surface area (Å²) in [5.41, 5.74) is 0.920. The molecular weight excluding hydrogens is 739 g/mol. The van der Waals surface area contributed by atoms with E-state index in [0.717, 1.165) is 18.4 Å². The van der Waals surface area contributed by atoms with E-state index in [4.69, 9.17) is 9.47 Å². The summed E-state index contributed by atoms with van der Waals surface area (Å²) < 4.78 is 12.0. The molecule has 1 aromatic carbocycles. The van der Waals surface area contributed by atoms with Crippen LogP contribution in [0, 0.1) is 23.7 Å². The number of carbonyl (C=O) groups excluding carboxylic acids is 5. The van der Waals surface area contributed by atoms with Gasteiger partial charge in [0.15, 0.2) is 0 Å². The standard InChI is InChI=1S/C44H77N7O7/c1-15-30(6)39(50(12)44(56)37(28(2)3)47-43(55)38(29(4)5)49(10)11)35(57-13)27-36(52)51-24-19-22-34(51)40(58-14)31(7)41(53)46-33(26-32-20-17-16-18-21-32)42(54)45-23-25-48(8)9/h16-18,20-21,28-31,33-35,37-40H,15,19,22-27H2,1-14H3,(H,45,54)(H,46,53)(H,47,55)/t30-,31+,33-,34-,35?,37-,38-,39-,40+/m0/s1. The molecule has 2 rings (SSSR count). The number of ether oxygens (including phenoxy) is 2. The molecule has 1 unspecified atom stereocenters. The third-order valence-electron chi connectivity index (χ3n) is 11.7. The maximum absolute atomic E-state index is 14.3. The van der Waals surface area contributed by atoms with Crippen molar-refractivity contribution in [1.82, 2.24) is 35.6 Å². The molecule has 1 heterocycles. The number of carbonyl (C=O) groups is 5. The lowest BCUT2D eigenvalue weighted by Gasteiger charge is -2.41. The van der Waals surface area contributed by atoms with Crippen molar-refractivity contribution >= 4 is 29.5 Å². The zero-order chi connectivity index (χ0) is 43.9. The number of nitrogens with one attached hydrogen (secondary N) is 3. The maximum atomic E-state index is 14.3. The molecule has 1 aliphatic heterocycles. The number of rotatable bonds is 24. The first kappa shape index (κ1) is 50.6. The molecule has 58 heavy (non-hydrogen) atoms. The van der Waals surface area contributed by atoms with Crippen LogP contribution in [-0.4, -0.2) is 161 Å². The molecule has 0 radical (unpaired) electrons. The van der Waals surface area contributed by atoms with Gasteiger partial charge in [-0.2, -0.15) is 0 Å². The average Bonchev–Trinajstić information content (AvgIpc) is 3.65. The minimum Gasteiger partial charge on any atom is -0.379 e. The molecular formula is C44H77N7O7. The van der Waals surface area contributed by atoms with Crippen molar-refractivity contribution < 1.29 is 33.4 Å². The van der Waals surface area contributed by atoms with Gasteiger partial charge in [0.25, 0.3) is 0 Å². The van der Waals surface area contributed by atoms with E-state index < -0.39 is 42.3 Å². The molecule has 0 bridgehead atoms. The molecule has 14 heteroatoms. The van der Waals surface area contributed by atoms with Crippen LogP contribution in [0.4, 0.5) is 0 Å². The van der Waals surface area contributed by atoms with Gasteiger partial charge >= 0.3 is 0 Å². The monoisotopic (exact) mass is 816 g/mol. The number of methoxy groups -OCH3 is 2. The summed E-state index contributed by atoms with van der Waals surface area (Å²) in [5, 5.41) is 8.99. The van der Waals surface area contributed by atoms with Crippen LogP contribution in [-0.2, 0) is 39.9 Å². The SMILES string of the molecule is CC[C@H](C)[C@@H](C(CC(=O)N1CCC[C@H]1[C@H](OC)[C@@H](C)C(=O)N[C@@H](Cc1ccccc1)C(=O)NCCN(C)C)OC)N(C)C(=O)[C@@H](NC(=O)[C@H](C(C)C)N(C)C)C(C)C. The summed E-state index contributed by atoms with van der Waals surface area (Å²) in [7, 11) is 12.4. The van der Waals surface area contributed by atoms with E-state index >= 15 is 0 Å². The fourth-order valence-corrected chi connectivity index (χ4v) is 8.30. The molecule has 1 aromatic rings. The van der Waals surface area contributed by atoms with E-state index in [2.05, 4.69) is 16.0 Å². The molecule has 1 fully saturated rings. The first-order chi connectivity index (χ1) is 27.3. The summed E-state index contributed by atoms with van der Waals surface area (Å²) >= 11 is 0. The van der Waals surface area contributed by atoms with Gasteiger partial charge in [-0.05, 0) is 64.3 Å².